The third kappa shape index (κ3) is 3.36. The summed E-state index contributed by atoms with van der Waals surface area (Å²) in [6, 6.07) is 10.1. The van der Waals surface area contributed by atoms with Gasteiger partial charge in [-0.15, -0.1) is 0 Å². The molecule has 0 aliphatic carbocycles. The number of cyclic esters (lactones) is 1. The van der Waals surface area contributed by atoms with Crippen LogP contribution in [0.4, 0.5) is 0 Å². The van der Waals surface area contributed by atoms with E-state index >= 15 is 0 Å². The zero-order valence-corrected chi connectivity index (χ0v) is 13.8. The van der Waals surface area contributed by atoms with Gasteiger partial charge < -0.3 is 9.72 Å². The van der Waals surface area contributed by atoms with E-state index in [4.69, 9.17) is 4.74 Å². The van der Waals surface area contributed by atoms with Gasteiger partial charge in [0.15, 0.2) is 5.54 Å². The van der Waals surface area contributed by atoms with E-state index in [0.717, 1.165) is 29.5 Å². The molecule has 0 bridgehead atoms. The fourth-order valence-electron chi connectivity index (χ4n) is 3.02. The number of H-pyrrole nitrogens is 1. The molecule has 1 aromatic heterocycles. The predicted molar refractivity (Wildman–Crippen MR) is 90.7 cm³/mol. The monoisotopic (exact) mass is 310 g/mol. The molecule has 23 heavy (non-hydrogen) atoms. The van der Waals surface area contributed by atoms with Crippen LogP contribution in [0.3, 0.4) is 0 Å². The zero-order valence-electron chi connectivity index (χ0n) is 13.8. The third-order valence-corrected chi connectivity index (χ3v) is 4.22. The maximum absolute atomic E-state index is 12.3. The van der Waals surface area contributed by atoms with Gasteiger partial charge in [-0.25, -0.2) is 9.79 Å². The number of aliphatic imine (C=N–C) groups is 1. The molecule has 0 amide bonds. The highest BCUT2D eigenvalue weighted by atomic mass is 16.6. The average Bonchev–Trinajstić information content (AvgIpc) is 3.08. The lowest BCUT2D eigenvalue weighted by Crippen LogP contribution is -2.30. The number of aromatic amines is 1. The van der Waals surface area contributed by atoms with Crippen molar-refractivity contribution < 1.29 is 9.53 Å². The number of ether oxygens (including phenoxy) is 1. The molecule has 1 N–H and O–H groups in total. The number of nitrogens with zero attached hydrogens (tertiary/aromatic N) is 1. The Bertz CT molecular complexity index is 726. The van der Waals surface area contributed by atoms with Crippen LogP contribution < -0.4 is 0 Å². The van der Waals surface area contributed by atoms with Gasteiger partial charge in [0.2, 0.25) is 5.90 Å². The highest BCUT2D eigenvalue weighted by Crippen LogP contribution is 2.28. The van der Waals surface area contributed by atoms with E-state index in [-0.39, 0.29) is 5.97 Å². The number of rotatable bonds is 5. The quantitative estimate of drug-likeness (QED) is 0.856. The maximum atomic E-state index is 12.3. The Morgan fingerprint density at radius 2 is 1.96 bits per heavy atom. The summed E-state index contributed by atoms with van der Waals surface area (Å²) >= 11 is 0. The van der Waals surface area contributed by atoms with Crippen LogP contribution in [-0.4, -0.2) is 22.4 Å². The van der Waals surface area contributed by atoms with Crippen molar-refractivity contribution in [2.24, 2.45) is 4.99 Å². The Hall–Kier alpha value is -2.36. The molecule has 3 rings (SSSR count). The summed E-state index contributed by atoms with van der Waals surface area (Å²) in [7, 11) is 0. The Balaban J connectivity index is 1.74. The molecule has 0 saturated heterocycles. The van der Waals surface area contributed by atoms with E-state index in [1.807, 2.05) is 45.2 Å². The summed E-state index contributed by atoms with van der Waals surface area (Å²) in [6.45, 7) is 5.92. The van der Waals surface area contributed by atoms with E-state index in [0.29, 0.717) is 12.3 Å². The first-order valence-electron chi connectivity index (χ1n) is 7.99. The predicted octanol–water partition coefficient (Wildman–Crippen LogP) is 3.72. The van der Waals surface area contributed by atoms with Gasteiger partial charge in [0, 0.05) is 17.5 Å². The first-order chi connectivity index (χ1) is 11.0. The number of benzene rings is 1. The van der Waals surface area contributed by atoms with Crippen molar-refractivity contribution in [1.82, 2.24) is 4.98 Å². The molecule has 1 atom stereocenters. The number of esters is 1. The van der Waals surface area contributed by atoms with Gasteiger partial charge >= 0.3 is 5.97 Å². The Morgan fingerprint density at radius 1 is 1.22 bits per heavy atom. The molecule has 4 nitrogen and oxygen atoms in total. The molecule has 4 heteroatoms. The molecule has 1 unspecified atom stereocenters. The first kappa shape index (κ1) is 15.5. The lowest BCUT2D eigenvalue weighted by atomic mass is 9.96. The molecular weight excluding hydrogens is 288 g/mol. The molecule has 0 radical (unpaired) electrons. The maximum Gasteiger partial charge on any atom is 0.340 e. The second-order valence-electron chi connectivity index (χ2n) is 6.51. The Morgan fingerprint density at radius 3 is 2.61 bits per heavy atom. The Labute approximate surface area is 136 Å². The number of nitrogens with one attached hydrogen (secondary N) is 1. The van der Waals surface area contributed by atoms with Crippen LogP contribution in [0, 0.1) is 13.8 Å². The van der Waals surface area contributed by atoms with E-state index in [2.05, 4.69) is 22.1 Å². The van der Waals surface area contributed by atoms with E-state index < -0.39 is 5.54 Å². The van der Waals surface area contributed by atoms with E-state index in [1.165, 1.54) is 5.69 Å². The standard InChI is InChI=1S/C19H22N2O2/c1-13-10-14(2)12-15(11-13)17-21-19(3,18(22)23-17)8-4-6-16-7-5-9-20-16/h5,7,9-12,20H,4,6,8H2,1-3H3. The van der Waals surface area contributed by atoms with Crippen molar-refractivity contribution in [3.8, 4) is 0 Å². The molecule has 1 aliphatic heterocycles. The lowest BCUT2D eigenvalue weighted by molar-refractivity contribution is -0.138. The van der Waals surface area contributed by atoms with Crippen molar-refractivity contribution in [2.45, 2.75) is 45.6 Å². The van der Waals surface area contributed by atoms with Crippen molar-refractivity contribution >= 4 is 11.9 Å². The van der Waals surface area contributed by atoms with Gasteiger partial charge in [-0.1, -0.05) is 17.2 Å². The van der Waals surface area contributed by atoms with E-state index in [9.17, 15) is 4.79 Å². The molecule has 1 aromatic carbocycles. The molecule has 0 saturated carbocycles. The van der Waals surface area contributed by atoms with E-state index in [1.54, 1.807) is 0 Å². The highest BCUT2D eigenvalue weighted by molar-refractivity contribution is 6.07. The molecule has 0 fully saturated rings. The van der Waals surface area contributed by atoms with Gasteiger partial charge in [-0.05, 0) is 64.3 Å². The number of carbonyl (C=O) groups excluding carboxylic acids is 1. The van der Waals surface area contributed by atoms with Crippen LogP contribution in [0.5, 0.6) is 0 Å². The minimum Gasteiger partial charge on any atom is -0.405 e. The van der Waals surface area contributed by atoms with Gasteiger partial charge in [0.25, 0.3) is 0 Å². The lowest BCUT2D eigenvalue weighted by Gasteiger charge is -2.15. The fraction of sp³-hybridized carbons (Fsp3) is 0.368. The smallest absolute Gasteiger partial charge is 0.340 e. The SMILES string of the molecule is Cc1cc(C)cc(C2=NC(C)(CCCc3ccc[nH]3)C(=O)O2)c1. The molecule has 1 aliphatic rings. The summed E-state index contributed by atoms with van der Waals surface area (Å²) in [5.41, 5.74) is 3.56. The molecule has 0 spiro atoms. The number of carbonyl (C=O) groups is 1. The Kier molecular flexibility index (Phi) is 4.07. The van der Waals surface area contributed by atoms with Crippen molar-refractivity contribution in [2.75, 3.05) is 0 Å². The molecular formula is C19H22N2O2. The highest BCUT2D eigenvalue weighted by Gasteiger charge is 2.41. The van der Waals surface area contributed by atoms with Crippen LogP contribution in [0.15, 0.2) is 41.5 Å². The van der Waals surface area contributed by atoms with Gasteiger partial charge in [-0.3, -0.25) is 0 Å². The van der Waals surface area contributed by atoms with Crippen molar-refractivity contribution in [3.05, 3.63) is 58.9 Å². The number of aromatic nitrogens is 1. The molecule has 2 heterocycles. The van der Waals surface area contributed by atoms with Gasteiger partial charge in [-0.2, -0.15) is 0 Å². The first-order valence-corrected chi connectivity index (χ1v) is 7.99. The van der Waals surface area contributed by atoms with Gasteiger partial charge in [0.1, 0.15) is 0 Å². The zero-order chi connectivity index (χ0) is 16.4. The van der Waals surface area contributed by atoms with Crippen molar-refractivity contribution in [1.29, 1.82) is 0 Å². The van der Waals surface area contributed by atoms with Crippen LogP contribution in [0.1, 0.15) is 42.1 Å². The summed E-state index contributed by atoms with van der Waals surface area (Å²) in [5, 5.41) is 0. The van der Waals surface area contributed by atoms with Crippen LogP contribution in [-0.2, 0) is 16.0 Å². The number of aryl methyl sites for hydroxylation is 3. The number of hydrogen-bond acceptors (Lipinski definition) is 3. The summed E-state index contributed by atoms with van der Waals surface area (Å²) in [6.07, 6.45) is 4.39. The van der Waals surface area contributed by atoms with Crippen LogP contribution >= 0.6 is 0 Å². The average molecular weight is 310 g/mol. The van der Waals surface area contributed by atoms with Crippen molar-refractivity contribution in [3.63, 3.8) is 0 Å². The summed E-state index contributed by atoms with van der Waals surface area (Å²) in [4.78, 5) is 20.1. The largest absolute Gasteiger partial charge is 0.405 e. The summed E-state index contributed by atoms with van der Waals surface area (Å²) in [5.74, 6) is 0.197. The molecule has 120 valence electrons. The minimum absolute atomic E-state index is 0.252. The second-order valence-corrected chi connectivity index (χ2v) is 6.51. The topological polar surface area (TPSA) is 54.5 Å². The third-order valence-electron chi connectivity index (χ3n) is 4.22. The minimum atomic E-state index is -0.778. The normalized spacial score (nSPS) is 20.5. The number of hydrogen-bond donors (Lipinski definition) is 1. The molecule has 2 aromatic rings. The van der Waals surface area contributed by atoms with Crippen LogP contribution in [0.2, 0.25) is 0 Å². The second kappa shape index (κ2) is 6.03. The fourth-order valence-corrected chi connectivity index (χ4v) is 3.02. The summed E-state index contributed by atoms with van der Waals surface area (Å²) < 4.78 is 5.46. The van der Waals surface area contributed by atoms with Crippen LogP contribution in [0.25, 0.3) is 0 Å². The van der Waals surface area contributed by atoms with Gasteiger partial charge in [0.05, 0.1) is 0 Å².